The molecule has 0 fully saturated rings. The number of methoxy groups -OCH3 is 2. The van der Waals surface area contributed by atoms with Crippen LogP contribution in [-0.2, 0) is 35.6 Å². The number of rotatable bonds is 12. The van der Waals surface area contributed by atoms with Gasteiger partial charge in [-0.25, -0.2) is 4.79 Å². The molecule has 3 aromatic carbocycles. The van der Waals surface area contributed by atoms with Crippen molar-refractivity contribution in [3.8, 4) is 23.0 Å². The highest BCUT2D eigenvalue weighted by Gasteiger charge is 2.17. The number of fused-ring (bicyclic) bond motifs is 2. The summed E-state index contributed by atoms with van der Waals surface area (Å²) in [6, 6.07) is 17.5. The maximum Gasteiger partial charge on any atom is 0.331 e. The van der Waals surface area contributed by atoms with Crippen molar-refractivity contribution < 1.29 is 28.5 Å². The van der Waals surface area contributed by atoms with Gasteiger partial charge in [-0.3, -0.25) is 23.5 Å². The third-order valence-electron chi connectivity index (χ3n) is 7.11. The van der Waals surface area contributed by atoms with Gasteiger partial charge < -0.3 is 29.6 Å². The fraction of sp³-hybridized carbons (Fsp3) is 0.290. The number of para-hydroxylation sites is 1. The molecule has 5 rings (SSSR count). The molecule has 0 radical (unpaired) electrons. The molecule has 0 unspecified atom stereocenters. The van der Waals surface area contributed by atoms with E-state index in [4.69, 9.17) is 18.9 Å². The highest BCUT2D eigenvalue weighted by Crippen LogP contribution is 2.32. The normalized spacial score (nSPS) is 11.8. The Balaban J connectivity index is 1.24. The van der Waals surface area contributed by atoms with Crippen LogP contribution in [0.2, 0.25) is 0 Å². The van der Waals surface area contributed by atoms with Crippen LogP contribution in [-0.4, -0.2) is 48.5 Å². The molecule has 0 aliphatic carbocycles. The average molecular weight is 589 g/mol. The van der Waals surface area contributed by atoms with Crippen LogP contribution in [0.25, 0.3) is 10.9 Å². The standard InChI is InChI=1S/C31H32N4O8/c1-40-24-9-7-20(15-26(24)41-2)11-13-32-29(37)18-35-23-6-4-3-5-22(23)30(38)34(31(35)39)14-12-28(36)33-17-21-8-10-25-27(16-21)43-19-42-25/h3-10,15-16H,11-14,17-19H2,1-2H3,(H,32,37)(H,33,36). The third kappa shape index (κ3) is 6.64. The van der Waals surface area contributed by atoms with E-state index in [-0.39, 0.29) is 50.0 Å². The van der Waals surface area contributed by atoms with Crippen molar-refractivity contribution in [3.05, 3.63) is 92.6 Å². The van der Waals surface area contributed by atoms with E-state index in [0.717, 1.165) is 15.7 Å². The Labute approximate surface area is 246 Å². The molecule has 2 heterocycles. The van der Waals surface area contributed by atoms with Gasteiger partial charge in [0.15, 0.2) is 23.0 Å². The summed E-state index contributed by atoms with van der Waals surface area (Å²) in [6.07, 6.45) is 0.429. The zero-order valence-electron chi connectivity index (χ0n) is 23.9. The summed E-state index contributed by atoms with van der Waals surface area (Å²) >= 11 is 0. The van der Waals surface area contributed by atoms with Crippen molar-refractivity contribution >= 4 is 22.7 Å². The largest absolute Gasteiger partial charge is 0.493 e. The topological polar surface area (TPSA) is 139 Å². The Kier molecular flexibility index (Phi) is 8.94. The van der Waals surface area contributed by atoms with Crippen LogP contribution in [0, 0.1) is 0 Å². The molecule has 1 aromatic heterocycles. The van der Waals surface area contributed by atoms with E-state index in [2.05, 4.69) is 10.6 Å². The Bertz CT molecular complexity index is 1780. The molecule has 1 aliphatic heterocycles. The van der Waals surface area contributed by atoms with E-state index >= 15 is 0 Å². The van der Waals surface area contributed by atoms with E-state index in [1.165, 1.54) is 4.57 Å². The van der Waals surface area contributed by atoms with Crippen LogP contribution < -0.4 is 40.8 Å². The molecule has 0 spiro atoms. The smallest absolute Gasteiger partial charge is 0.331 e. The van der Waals surface area contributed by atoms with Gasteiger partial charge in [0.2, 0.25) is 18.6 Å². The van der Waals surface area contributed by atoms with Crippen molar-refractivity contribution in [3.63, 3.8) is 0 Å². The number of nitrogens with zero attached hydrogens (tertiary/aromatic N) is 2. The Morgan fingerprint density at radius 1 is 0.837 bits per heavy atom. The lowest BCUT2D eigenvalue weighted by Gasteiger charge is -2.14. The number of aromatic nitrogens is 2. The molecule has 0 saturated carbocycles. The third-order valence-corrected chi connectivity index (χ3v) is 7.11. The number of amides is 2. The Hall–Kier alpha value is -5.26. The lowest BCUT2D eigenvalue weighted by atomic mass is 10.1. The predicted molar refractivity (Wildman–Crippen MR) is 158 cm³/mol. The van der Waals surface area contributed by atoms with Crippen molar-refractivity contribution in [1.29, 1.82) is 0 Å². The number of ether oxygens (including phenoxy) is 4. The van der Waals surface area contributed by atoms with Crippen LogP contribution in [0.3, 0.4) is 0 Å². The summed E-state index contributed by atoms with van der Waals surface area (Å²) < 4.78 is 23.5. The molecule has 224 valence electrons. The number of hydrogen-bond acceptors (Lipinski definition) is 8. The van der Waals surface area contributed by atoms with Crippen LogP contribution in [0.1, 0.15) is 17.5 Å². The molecule has 2 N–H and O–H groups in total. The summed E-state index contributed by atoms with van der Waals surface area (Å²) in [5.74, 6) is 1.73. The van der Waals surface area contributed by atoms with Crippen molar-refractivity contribution in [1.82, 2.24) is 19.8 Å². The molecule has 1 aliphatic rings. The Morgan fingerprint density at radius 3 is 2.42 bits per heavy atom. The van der Waals surface area contributed by atoms with Crippen LogP contribution in [0.4, 0.5) is 0 Å². The number of nitrogens with one attached hydrogen (secondary N) is 2. The first-order valence-electron chi connectivity index (χ1n) is 13.7. The quantitative estimate of drug-likeness (QED) is 0.256. The minimum atomic E-state index is -0.665. The van der Waals surface area contributed by atoms with E-state index in [9.17, 15) is 19.2 Å². The first kappa shape index (κ1) is 29.2. The fourth-order valence-electron chi connectivity index (χ4n) is 4.86. The fourth-order valence-corrected chi connectivity index (χ4v) is 4.86. The molecule has 43 heavy (non-hydrogen) atoms. The van der Waals surface area contributed by atoms with E-state index in [0.29, 0.717) is 41.5 Å². The van der Waals surface area contributed by atoms with Gasteiger partial charge in [-0.15, -0.1) is 0 Å². The molecule has 0 saturated heterocycles. The molecule has 0 atom stereocenters. The summed E-state index contributed by atoms with van der Waals surface area (Å²) in [5.41, 5.74) is 0.915. The van der Waals surface area contributed by atoms with Crippen LogP contribution >= 0.6 is 0 Å². The van der Waals surface area contributed by atoms with Gasteiger partial charge >= 0.3 is 5.69 Å². The zero-order chi connectivity index (χ0) is 30.3. The first-order valence-corrected chi connectivity index (χ1v) is 13.7. The highest BCUT2D eigenvalue weighted by molar-refractivity contribution is 5.81. The molecule has 12 nitrogen and oxygen atoms in total. The number of carbonyl (C=O) groups excluding carboxylic acids is 2. The van der Waals surface area contributed by atoms with E-state index in [1.54, 1.807) is 56.7 Å². The zero-order valence-corrected chi connectivity index (χ0v) is 23.9. The minimum Gasteiger partial charge on any atom is -0.493 e. The molecule has 4 aromatic rings. The number of benzene rings is 3. The summed E-state index contributed by atoms with van der Waals surface area (Å²) in [6.45, 7) is 0.294. The summed E-state index contributed by atoms with van der Waals surface area (Å²) in [7, 11) is 3.11. The highest BCUT2D eigenvalue weighted by atomic mass is 16.7. The van der Waals surface area contributed by atoms with Gasteiger partial charge in [0.25, 0.3) is 5.56 Å². The maximum absolute atomic E-state index is 13.4. The maximum atomic E-state index is 13.4. The molecule has 2 amide bonds. The predicted octanol–water partition coefficient (Wildman–Crippen LogP) is 1.97. The SMILES string of the molecule is COc1ccc(CCNC(=O)Cn2c(=O)n(CCC(=O)NCc3ccc4c(c3)OCO4)c(=O)c3ccccc32)cc1OC. The van der Waals surface area contributed by atoms with Crippen LogP contribution in [0.15, 0.2) is 70.3 Å². The second kappa shape index (κ2) is 13.1. The second-order valence-electron chi connectivity index (χ2n) is 9.85. The second-order valence-corrected chi connectivity index (χ2v) is 9.85. The molecule has 0 bridgehead atoms. The lowest BCUT2D eigenvalue weighted by molar-refractivity contribution is -0.122. The van der Waals surface area contributed by atoms with E-state index < -0.39 is 11.2 Å². The van der Waals surface area contributed by atoms with E-state index in [1.807, 2.05) is 18.2 Å². The molecule has 12 heteroatoms. The lowest BCUT2D eigenvalue weighted by Crippen LogP contribution is -2.43. The summed E-state index contributed by atoms with van der Waals surface area (Å²) in [5, 5.41) is 5.90. The minimum absolute atomic E-state index is 0.102. The monoisotopic (exact) mass is 588 g/mol. The van der Waals surface area contributed by atoms with Crippen molar-refractivity contribution in [2.75, 3.05) is 27.6 Å². The summed E-state index contributed by atoms with van der Waals surface area (Å²) in [4.78, 5) is 52.1. The Morgan fingerprint density at radius 2 is 1.60 bits per heavy atom. The van der Waals surface area contributed by atoms with Gasteiger partial charge in [0.05, 0.1) is 25.1 Å². The van der Waals surface area contributed by atoms with Crippen molar-refractivity contribution in [2.45, 2.75) is 32.5 Å². The molecular formula is C31H32N4O8. The first-order chi connectivity index (χ1) is 20.9. The van der Waals surface area contributed by atoms with Gasteiger partial charge in [-0.2, -0.15) is 0 Å². The van der Waals surface area contributed by atoms with Gasteiger partial charge in [0, 0.05) is 26.1 Å². The van der Waals surface area contributed by atoms with Gasteiger partial charge in [0.1, 0.15) is 6.54 Å². The van der Waals surface area contributed by atoms with Crippen molar-refractivity contribution in [2.24, 2.45) is 0 Å². The number of hydrogen-bond donors (Lipinski definition) is 2. The average Bonchev–Trinajstić information content (AvgIpc) is 3.50. The molecular weight excluding hydrogens is 556 g/mol. The number of carbonyl (C=O) groups is 2. The van der Waals surface area contributed by atoms with Gasteiger partial charge in [-0.05, 0) is 53.9 Å². The van der Waals surface area contributed by atoms with Crippen LogP contribution in [0.5, 0.6) is 23.0 Å². The van der Waals surface area contributed by atoms with Gasteiger partial charge in [-0.1, -0.05) is 24.3 Å².